The van der Waals surface area contributed by atoms with Gasteiger partial charge >= 0.3 is 0 Å². The van der Waals surface area contributed by atoms with Crippen LogP contribution < -0.4 is 9.47 Å². The molecule has 1 atom stereocenters. The van der Waals surface area contributed by atoms with Crippen LogP contribution in [0.3, 0.4) is 0 Å². The summed E-state index contributed by atoms with van der Waals surface area (Å²) in [4.78, 5) is 15.4. The fraction of sp³-hybridized carbons (Fsp3) is 0.357. The quantitative estimate of drug-likeness (QED) is 0.291. The number of aromatic amines is 1. The molecule has 0 spiro atoms. The molecule has 1 aliphatic heterocycles. The highest BCUT2D eigenvalue weighted by Crippen LogP contribution is 2.46. The van der Waals surface area contributed by atoms with Gasteiger partial charge in [-0.25, -0.2) is 0 Å². The number of phenolic OH excluding ortho intramolecular Hbond substituents is 1. The molecule has 1 amide bonds. The van der Waals surface area contributed by atoms with Crippen molar-refractivity contribution >= 4 is 5.91 Å². The van der Waals surface area contributed by atoms with Crippen LogP contribution in [0.1, 0.15) is 52.1 Å². The Morgan fingerprint density at radius 1 is 1.19 bits per heavy atom. The van der Waals surface area contributed by atoms with E-state index in [2.05, 4.69) is 16.8 Å². The van der Waals surface area contributed by atoms with E-state index in [4.69, 9.17) is 14.2 Å². The lowest BCUT2D eigenvalue weighted by Gasteiger charge is -2.27. The normalized spacial score (nSPS) is 14.7. The van der Waals surface area contributed by atoms with Crippen molar-refractivity contribution in [3.8, 4) is 28.5 Å². The van der Waals surface area contributed by atoms with E-state index < -0.39 is 6.04 Å². The van der Waals surface area contributed by atoms with Crippen molar-refractivity contribution in [2.75, 3.05) is 33.5 Å². The molecule has 0 radical (unpaired) electrons. The van der Waals surface area contributed by atoms with Gasteiger partial charge in [-0.3, -0.25) is 9.89 Å². The fourth-order valence-corrected chi connectivity index (χ4v) is 4.73. The highest BCUT2D eigenvalue weighted by Gasteiger charge is 2.42. The maximum Gasteiger partial charge on any atom is 0.273 e. The third kappa shape index (κ3) is 4.68. The molecule has 0 aliphatic carbocycles. The van der Waals surface area contributed by atoms with Crippen LogP contribution in [-0.2, 0) is 4.74 Å². The molecule has 2 aromatic carbocycles. The number of rotatable bonds is 11. The minimum Gasteiger partial charge on any atom is -0.507 e. The Morgan fingerprint density at radius 3 is 2.72 bits per heavy atom. The average Bonchev–Trinajstić information content (AvgIpc) is 3.40. The van der Waals surface area contributed by atoms with Gasteiger partial charge in [0.05, 0.1) is 12.6 Å². The first-order valence-electron chi connectivity index (χ1n) is 12.1. The van der Waals surface area contributed by atoms with Crippen LogP contribution in [0.15, 0.2) is 43.0 Å². The molecule has 8 nitrogen and oxygen atoms in total. The first-order chi connectivity index (χ1) is 17.4. The predicted molar refractivity (Wildman–Crippen MR) is 138 cm³/mol. The summed E-state index contributed by atoms with van der Waals surface area (Å²) < 4.78 is 16.9. The smallest absolute Gasteiger partial charge is 0.273 e. The van der Waals surface area contributed by atoms with Crippen molar-refractivity contribution in [2.45, 2.75) is 33.2 Å². The Labute approximate surface area is 211 Å². The molecule has 8 heteroatoms. The second-order valence-corrected chi connectivity index (χ2v) is 8.83. The lowest BCUT2D eigenvalue weighted by atomic mass is 9.94. The minimum atomic E-state index is -0.425. The summed E-state index contributed by atoms with van der Waals surface area (Å²) in [6, 6.07) is 9.10. The second kappa shape index (κ2) is 10.9. The number of aryl methyl sites for hydroxylation is 2. The third-order valence-corrected chi connectivity index (χ3v) is 6.25. The number of H-pyrrole nitrogens is 1. The van der Waals surface area contributed by atoms with E-state index in [1.165, 1.54) is 0 Å². The van der Waals surface area contributed by atoms with Crippen LogP contribution in [-0.4, -0.2) is 59.6 Å². The minimum absolute atomic E-state index is 0.140. The molecule has 3 aromatic rings. The van der Waals surface area contributed by atoms with E-state index in [1.54, 1.807) is 13.2 Å². The largest absolute Gasteiger partial charge is 0.507 e. The number of aromatic nitrogens is 2. The number of fused-ring (bicyclic) bond motifs is 1. The van der Waals surface area contributed by atoms with Gasteiger partial charge in [-0.15, -0.1) is 0 Å². The van der Waals surface area contributed by atoms with E-state index in [9.17, 15) is 9.90 Å². The standard InChI is InChI=1S/C28H33N3O5/c1-6-12-36-21-10-9-19(16-22(21)35-7-2)26-23-24(20-15-17(3)14-18(4)27(20)32)29-30-25(23)28(33)31(26)11-8-13-34-5/h6,9-10,14-16,26,32H,1,7-8,11-13H2,2-5H3,(H,29,30). The number of ether oxygens (including phenoxy) is 3. The molecule has 190 valence electrons. The molecule has 0 bridgehead atoms. The maximum atomic E-state index is 13.5. The molecular formula is C28H33N3O5. The molecular weight excluding hydrogens is 458 g/mol. The topological polar surface area (TPSA) is 96.9 Å². The van der Waals surface area contributed by atoms with Gasteiger partial charge in [-0.1, -0.05) is 24.8 Å². The van der Waals surface area contributed by atoms with Gasteiger partial charge in [0.1, 0.15) is 23.7 Å². The van der Waals surface area contributed by atoms with Gasteiger partial charge in [0.15, 0.2) is 11.5 Å². The number of nitrogens with one attached hydrogen (secondary N) is 1. The first kappa shape index (κ1) is 25.3. The summed E-state index contributed by atoms with van der Waals surface area (Å²) in [5.41, 5.74) is 4.93. The number of hydrogen-bond acceptors (Lipinski definition) is 6. The summed E-state index contributed by atoms with van der Waals surface area (Å²) >= 11 is 0. The van der Waals surface area contributed by atoms with E-state index in [1.807, 2.05) is 56.0 Å². The van der Waals surface area contributed by atoms with Gasteiger partial charge in [0.2, 0.25) is 0 Å². The second-order valence-electron chi connectivity index (χ2n) is 8.83. The van der Waals surface area contributed by atoms with Crippen molar-refractivity contribution in [1.29, 1.82) is 0 Å². The Balaban J connectivity index is 1.87. The van der Waals surface area contributed by atoms with Crippen LogP contribution in [0, 0.1) is 13.8 Å². The first-order valence-corrected chi connectivity index (χ1v) is 12.1. The Morgan fingerprint density at radius 2 is 2.00 bits per heavy atom. The molecule has 0 saturated heterocycles. The number of carbonyl (C=O) groups excluding carboxylic acids is 1. The molecule has 0 fully saturated rings. The van der Waals surface area contributed by atoms with E-state index >= 15 is 0 Å². The highest BCUT2D eigenvalue weighted by molar-refractivity contribution is 6.00. The number of nitrogens with zero attached hydrogens (tertiary/aromatic N) is 2. The van der Waals surface area contributed by atoms with Crippen molar-refractivity contribution < 1.29 is 24.1 Å². The number of hydrogen-bond donors (Lipinski definition) is 2. The number of phenols is 1. The maximum absolute atomic E-state index is 13.5. The lowest BCUT2D eigenvalue weighted by Crippen LogP contribution is -2.31. The van der Waals surface area contributed by atoms with Crippen LogP contribution in [0.25, 0.3) is 11.3 Å². The van der Waals surface area contributed by atoms with Crippen LogP contribution >= 0.6 is 0 Å². The van der Waals surface area contributed by atoms with E-state index in [0.29, 0.717) is 61.2 Å². The average molecular weight is 492 g/mol. The Bertz CT molecular complexity index is 1270. The molecule has 2 N–H and O–H groups in total. The third-order valence-electron chi connectivity index (χ3n) is 6.25. The van der Waals surface area contributed by atoms with Gasteiger partial charge in [-0.2, -0.15) is 5.10 Å². The number of benzene rings is 2. The zero-order chi connectivity index (χ0) is 25.8. The number of amides is 1. The van der Waals surface area contributed by atoms with Crippen molar-refractivity contribution in [1.82, 2.24) is 15.1 Å². The Hall–Kier alpha value is -3.78. The summed E-state index contributed by atoms with van der Waals surface area (Å²) in [7, 11) is 1.65. The number of aromatic hydroxyl groups is 1. The molecule has 4 rings (SSSR count). The molecule has 36 heavy (non-hydrogen) atoms. The SMILES string of the molecule is C=CCOc1ccc(C2c3c(-c4cc(C)cc(C)c4O)n[nH]c3C(=O)N2CCCOC)cc1OCC. The van der Waals surface area contributed by atoms with Crippen LogP contribution in [0.2, 0.25) is 0 Å². The van der Waals surface area contributed by atoms with Crippen LogP contribution in [0.5, 0.6) is 17.2 Å². The van der Waals surface area contributed by atoms with E-state index in [0.717, 1.165) is 22.3 Å². The van der Waals surface area contributed by atoms with Gasteiger partial charge in [0.25, 0.3) is 5.91 Å². The van der Waals surface area contributed by atoms with Crippen LogP contribution in [0.4, 0.5) is 0 Å². The highest BCUT2D eigenvalue weighted by atomic mass is 16.5. The lowest BCUT2D eigenvalue weighted by molar-refractivity contribution is 0.0723. The number of methoxy groups -OCH3 is 1. The summed E-state index contributed by atoms with van der Waals surface area (Å²) in [5, 5.41) is 18.4. The molecule has 2 heterocycles. The summed E-state index contributed by atoms with van der Waals surface area (Å²) in [5.74, 6) is 1.21. The zero-order valence-corrected chi connectivity index (χ0v) is 21.3. The summed E-state index contributed by atoms with van der Waals surface area (Å²) in [6.07, 6.45) is 2.36. The van der Waals surface area contributed by atoms with E-state index in [-0.39, 0.29) is 11.7 Å². The predicted octanol–water partition coefficient (Wildman–Crippen LogP) is 4.94. The fourth-order valence-electron chi connectivity index (χ4n) is 4.73. The molecule has 0 saturated carbocycles. The van der Waals surface area contributed by atoms with Gasteiger partial charge in [0, 0.05) is 31.4 Å². The van der Waals surface area contributed by atoms with Gasteiger partial charge < -0.3 is 24.2 Å². The monoisotopic (exact) mass is 491 g/mol. The molecule has 1 unspecified atom stereocenters. The van der Waals surface area contributed by atoms with Crippen molar-refractivity contribution in [3.63, 3.8) is 0 Å². The zero-order valence-electron chi connectivity index (χ0n) is 21.3. The van der Waals surface area contributed by atoms with Crippen molar-refractivity contribution in [2.24, 2.45) is 0 Å². The van der Waals surface area contributed by atoms with Crippen molar-refractivity contribution in [3.05, 3.63) is 70.9 Å². The number of carbonyl (C=O) groups is 1. The summed E-state index contributed by atoms with van der Waals surface area (Å²) in [6.45, 7) is 11.3. The molecule has 1 aliphatic rings. The Kier molecular flexibility index (Phi) is 7.64. The van der Waals surface area contributed by atoms with Gasteiger partial charge in [-0.05, 0) is 62.1 Å². The molecule has 1 aromatic heterocycles.